The Hall–Kier alpha value is -3.70. The Balaban J connectivity index is 1.95. The number of nitrogen functional groups attached to an aromatic ring is 2. The van der Waals surface area contributed by atoms with Crippen LogP contribution in [0.4, 0.5) is 11.4 Å². The number of nitrogens with one attached hydrogen (secondary N) is 1. The van der Waals surface area contributed by atoms with Gasteiger partial charge in [-0.05, 0) is 100 Å². The number of hydrogen-bond acceptors (Lipinski definition) is 4. The Morgan fingerprint density at radius 2 is 1.84 bits per heavy atom. The monoisotopic (exact) mass is 497 g/mol. The Morgan fingerprint density at radius 1 is 1.11 bits per heavy atom. The molecule has 1 aromatic heterocycles. The van der Waals surface area contributed by atoms with Crippen LogP contribution in [0.25, 0.3) is 16.6 Å². The van der Waals surface area contributed by atoms with Crippen LogP contribution in [-0.4, -0.2) is 30.1 Å². The first-order valence-corrected chi connectivity index (χ1v) is 12.9. The molecule has 0 bridgehead atoms. The topological polar surface area (TPSA) is 72.2 Å². The van der Waals surface area contributed by atoms with Crippen molar-refractivity contribution in [2.45, 2.75) is 46.7 Å². The lowest BCUT2D eigenvalue weighted by Crippen LogP contribution is -2.14. The fourth-order valence-electron chi connectivity index (χ4n) is 4.78. The number of anilines is 2. The number of allylic oxidation sites excluding steroid dienone is 3. The molecule has 0 atom stereocenters. The van der Waals surface area contributed by atoms with Crippen molar-refractivity contribution < 1.29 is 0 Å². The van der Waals surface area contributed by atoms with Crippen molar-refractivity contribution in [2.75, 3.05) is 32.1 Å². The third-order valence-corrected chi connectivity index (χ3v) is 6.63. The van der Waals surface area contributed by atoms with Crippen molar-refractivity contribution in [3.63, 3.8) is 0 Å². The van der Waals surface area contributed by atoms with Crippen molar-refractivity contribution in [1.82, 2.24) is 14.8 Å². The quantitative estimate of drug-likeness (QED) is 0.208. The van der Waals surface area contributed by atoms with Crippen LogP contribution < -0.4 is 16.8 Å². The highest BCUT2D eigenvalue weighted by Gasteiger charge is 2.16. The van der Waals surface area contributed by atoms with Crippen LogP contribution in [0, 0.1) is 13.8 Å². The van der Waals surface area contributed by atoms with E-state index < -0.39 is 0 Å². The molecule has 0 unspecified atom stereocenters. The second-order valence-corrected chi connectivity index (χ2v) is 10.4. The van der Waals surface area contributed by atoms with Crippen molar-refractivity contribution in [2.24, 2.45) is 0 Å². The molecule has 5 nitrogen and oxygen atoms in total. The van der Waals surface area contributed by atoms with Crippen LogP contribution in [0.2, 0.25) is 0 Å². The molecule has 0 aliphatic rings. The lowest BCUT2D eigenvalue weighted by Gasteiger charge is -2.17. The van der Waals surface area contributed by atoms with Crippen LogP contribution in [0.1, 0.15) is 47.7 Å². The van der Waals surface area contributed by atoms with E-state index in [9.17, 15) is 0 Å². The molecule has 1 heterocycles. The molecule has 3 rings (SSSR count). The highest BCUT2D eigenvalue weighted by atomic mass is 15.0. The van der Waals surface area contributed by atoms with Gasteiger partial charge in [-0.15, -0.1) is 0 Å². The number of aryl methyl sites for hydroxylation is 2. The van der Waals surface area contributed by atoms with Gasteiger partial charge in [-0.3, -0.25) is 0 Å². The summed E-state index contributed by atoms with van der Waals surface area (Å²) in [6.07, 6.45) is 11.4. The van der Waals surface area contributed by atoms with E-state index in [1.807, 2.05) is 25.1 Å². The lowest BCUT2D eigenvalue weighted by molar-refractivity contribution is 0.449. The Morgan fingerprint density at radius 3 is 2.46 bits per heavy atom. The van der Waals surface area contributed by atoms with Gasteiger partial charge in [0.1, 0.15) is 0 Å². The molecule has 3 aromatic rings. The summed E-state index contributed by atoms with van der Waals surface area (Å²) >= 11 is 0. The molecule has 0 saturated heterocycles. The summed E-state index contributed by atoms with van der Waals surface area (Å²) in [6.45, 7) is 18.5. The Kier molecular flexibility index (Phi) is 9.06. The van der Waals surface area contributed by atoms with Gasteiger partial charge in [-0.25, -0.2) is 0 Å². The van der Waals surface area contributed by atoms with Crippen molar-refractivity contribution in [3.05, 3.63) is 101 Å². The minimum Gasteiger partial charge on any atom is -0.399 e. The third-order valence-electron chi connectivity index (χ3n) is 6.63. The summed E-state index contributed by atoms with van der Waals surface area (Å²) in [6, 6.07) is 8.70. The average Bonchev–Trinajstić information content (AvgIpc) is 3.16. The summed E-state index contributed by atoms with van der Waals surface area (Å²) in [4.78, 5) is 2.14. The van der Waals surface area contributed by atoms with Crippen LogP contribution in [-0.2, 0) is 13.0 Å². The molecule has 0 spiro atoms. The van der Waals surface area contributed by atoms with Gasteiger partial charge < -0.3 is 26.3 Å². The molecule has 2 aromatic carbocycles. The molecule has 0 amide bonds. The van der Waals surface area contributed by atoms with Crippen molar-refractivity contribution in [1.29, 1.82) is 0 Å². The number of hydrogen-bond donors (Lipinski definition) is 3. The van der Waals surface area contributed by atoms with Gasteiger partial charge >= 0.3 is 0 Å². The zero-order valence-electron chi connectivity index (χ0n) is 23.4. The predicted molar refractivity (Wildman–Crippen MR) is 163 cm³/mol. The first-order chi connectivity index (χ1) is 17.5. The fraction of sp³-hybridized carbons (Fsp3) is 0.312. The van der Waals surface area contributed by atoms with Gasteiger partial charge in [-0.2, -0.15) is 0 Å². The van der Waals surface area contributed by atoms with E-state index in [1.54, 1.807) is 0 Å². The van der Waals surface area contributed by atoms with Crippen LogP contribution >= 0.6 is 0 Å². The maximum Gasteiger partial charge on any atom is 0.0495 e. The molecule has 0 fully saturated rings. The summed E-state index contributed by atoms with van der Waals surface area (Å²) < 4.78 is 2.35. The zero-order chi connectivity index (χ0) is 27.3. The highest BCUT2D eigenvalue weighted by molar-refractivity contribution is 5.95. The van der Waals surface area contributed by atoms with E-state index in [2.05, 4.69) is 99.4 Å². The van der Waals surface area contributed by atoms with Gasteiger partial charge in [0, 0.05) is 58.9 Å². The second kappa shape index (κ2) is 12.0. The fourth-order valence-corrected chi connectivity index (χ4v) is 4.78. The number of nitrogens with zero attached hydrogens (tertiary/aromatic N) is 2. The second-order valence-electron chi connectivity index (χ2n) is 10.4. The first-order valence-electron chi connectivity index (χ1n) is 12.9. The smallest absolute Gasteiger partial charge is 0.0495 e. The molecule has 0 aliphatic carbocycles. The van der Waals surface area contributed by atoms with E-state index in [0.717, 1.165) is 35.4 Å². The molecule has 5 N–H and O–H groups in total. The zero-order valence-corrected chi connectivity index (χ0v) is 23.4. The minimum atomic E-state index is 0.359. The molecular weight excluding hydrogens is 454 g/mol. The van der Waals surface area contributed by atoms with Gasteiger partial charge in [-0.1, -0.05) is 37.5 Å². The number of fused-ring (bicyclic) bond motifs is 1. The lowest BCUT2D eigenvalue weighted by atomic mass is 9.99. The van der Waals surface area contributed by atoms with E-state index in [4.69, 9.17) is 11.5 Å². The number of rotatable bonds is 11. The SMILES string of the molecule is C=C/C(=C\C=C/Cc1cc(C(=C)NCc2c(C)cc(N)cc2N)c2c(C)cn(C(C)C)c2c1)CN(C)C. The highest BCUT2D eigenvalue weighted by Crippen LogP contribution is 2.32. The first kappa shape index (κ1) is 27.9. The number of aromatic nitrogens is 1. The Labute approximate surface area is 222 Å². The van der Waals surface area contributed by atoms with E-state index in [1.165, 1.54) is 27.6 Å². The maximum atomic E-state index is 6.27. The summed E-state index contributed by atoms with van der Waals surface area (Å²) in [5.74, 6) is 0. The van der Waals surface area contributed by atoms with Crippen LogP contribution in [0.15, 0.2) is 73.5 Å². The summed E-state index contributed by atoms with van der Waals surface area (Å²) in [7, 11) is 4.13. The van der Waals surface area contributed by atoms with Gasteiger partial charge in [0.15, 0.2) is 0 Å². The summed E-state index contributed by atoms with van der Waals surface area (Å²) in [5.41, 5.74) is 22.7. The molecule has 0 radical (unpaired) electrons. The average molecular weight is 498 g/mol. The number of likely N-dealkylation sites (N-methyl/N-ethyl adjacent to an activating group) is 1. The van der Waals surface area contributed by atoms with Gasteiger partial charge in [0.25, 0.3) is 0 Å². The van der Waals surface area contributed by atoms with Crippen molar-refractivity contribution in [3.8, 4) is 0 Å². The molecular formula is C32H43N5. The number of benzene rings is 2. The standard InChI is InChI=1S/C32H43N5/c1-9-25(20-36(7)8)12-10-11-13-26-15-28(32-23(5)19-37(21(2)3)31(32)16-26)24(6)35-18-29-22(4)14-27(33)17-30(29)34/h9-12,14-17,19,21,35H,1,6,13,18,20,33-34H2,2-5,7-8H3/b11-10-,25-12+. The van der Waals surface area contributed by atoms with Crippen LogP contribution in [0.3, 0.4) is 0 Å². The van der Waals surface area contributed by atoms with Crippen LogP contribution in [0.5, 0.6) is 0 Å². The molecule has 0 saturated carbocycles. The largest absolute Gasteiger partial charge is 0.399 e. The summed E-state index contributed by atoms with van der Waals surface area (Å²) in [5, 5.41) is 4.78. The third kappa shape index (κ3) is 6.75. The molecule has 5 heteroatoms. The van der Waals surface area contributed by atoms with E-state index in [0.29, 0.717) is 24.0 Å². The maximum absolute atomic E-state index is 6.27. The Bertz CT molecular complexity index is 1330. The normalized spacial score (nSPS) is 12.3. The van der Waals surface area contributed by atoms with E-state index in [-0.39, 0.29) is 0 Å². The molecule has 37 heavy (non-hydrogen) atoms. The van der Waals surface area contributed by atoms with E-state index >= 15 is 0 Å². The minimum absolute atomic E-state index is 0.359. The van der Waals surface area contributed by atoms with Crippen molar-refractivity contribution >= 4 is 28.0 Å². The van der Waals surface area contributed by atoms with Gasteiger partial charge in [0.2, 0.25) is 0 Å². The van der Waals surface area contributed by atoms with Gasteiger partial charge in [0.05, 0.1) is 0 Å². The molecule has 0 aliphatic heterocycles. The molecule has 196 valence electrons. The predicted octanol–water partition coefficient (Wildman–Crippen LogP) is 6.54. The number of nitrogens with two attached hydrogens (primary N) is 2.